The molecule has 0 spiro atoms. The molecule has 0 aromatic carbocycles. The molecule has 0 bridgehead atoms. The highest BCUT2D eigenvalue weighted by Crippen LogP contribution is 2.30. The van der Waals surface area contributed by atoms with Crippen LogP contribution in [-0.4, -0.2) is 34.5 Å². The Labute approximate surface area is 122 Å². The largest absolute Gasteiger partial charge is 0.409 e. The molecule has 3 N–H and O–H groups in total. The molecule has 0 saturated carbocycles. The zero-order valence-corrected chi connectivity index (χ0v) is 12.2. The molecule has 1 aliphatic heterocycles. The fourth-order valence-electron chi connectivity index (χ4n) is 2.75. The van der Waals surface area contributed by atoms with Gasteiger partial charge in [0.15, 0.2) is 5.84 Å². The van der Waals surface area contributed by atoms with Crippen LogP contribution in [0.25, 0.3) is 0 Å². The molecule has 0 amide bonds. The number of hydrogen-bond donors (Lipinski definition) is 2. The van der Waals surface area contributed by atoms with Crippen LogP contribution in [0.4, 0.5) is 0 Å². The smallest absolute Gasteiger partial charge is 0.172 e. The van der Waals surface area contributed by atoms with Crippen molar-refractivity contribution in [2.75, 3.05) is 12.4 Å². The second-order valence-electron chi connectivity index (χ2n) is 5.23. The van der Waals surface area contributed by atoms with Crippen LogP contribution < -0.4 is 5.73 Å². The van der Waals surface area contributed by atoms with Gasteiger partial charge in [-0.2, -0.15) is 0 Å². The Bertz CT molecular complexity index is 527. The molecule has 1 fully saturated rings. The minimum atomic E-state index is 0.141. The zero-order chi connectivity index (χ0) is 13.9. The van der Waals surface area contributed by atoms with E-state index in [-0.39, 0.29) is 5.84 Å². The van der Waals surface area contributed by atoms with Crippen LogP contribution >= 0.6 is 11.8 Å². The molecule has 2 aliphatic rings. The first-order valence-electron chi connectivity index (χ1n) is 7.03. The highest BCUT2D eigenvalue weighted by Gasteiger charge is 2.21. The highest BCUT2D eigenvalue weighted by atomic mass is 32.2. The number of amidine groups is 1. The first-order valence-corrected chi connectivity index (χ1v) is 8.01. The fraction of sp³-hybridized carbons (Fsp3) is 0.571. The van der Waals surface area contributed by atoms with Crippen LogP contribution in [0.3, 0.4) is 0 Å². The Hall–Kier alpha value is -1.27. The van der Waals surface area contributed by atoms with E-state index in [9.17, 15) is 0 Å². The summed E-state index contributed by atoms with van der Waals surface area (Å²) in [5, 5.41) is 12.9. The number of rotatable bonds is 4. The van der Waals surface area contributed by atoms with Crippen molar-refractivity contribution in [1.82, 2.24) is 4.98 Å². The summed E-state index contributed by atoms with van der Waals surface area (Å²) in [4.78, 5) is 4.72. The van der Waals surface area contributed by atoms with Crippen LogP contribution in [0, 0.1) is 0 Å². The van der Waals surface area contributed by atoms with Gasteiger partial charge in [0.1, 0.15) is 5.03 Å². The number of thioether (sulfide) groups is 1. The van der Waals surface area contributed by atoms with Gasteiger partial charge in [-0.1, -0.05) is 5.16 Å². The summed E-state index contributed by atoms with van der Waals surface area (Å²) in [7, 11) is 0. The van der Waals surface area contributed by atoms with Gasteiger partial charge in [-0.15, -0.1) is 11.8 Å². The van der Waals surface area contributed by atoms with Crippen molar-refractivity contribution < 1.29 is 9.94 Å². The third-order valence-corrected chi connectivity index (χ3v) is 4.95. The zero-order valence-electron chi connectivity index (χ0n) is 11.3. The summed E-state index contributed by atoms with van der Waals surface area (Å²) >= 11 is 1.65. The van der Waals surface area contributed by atoms with E-state index in [1.165, 1.54) is 5.56 Å². The molecule has 2 heterocycles. The Morgan fingerprint density at radius 2 is 2.40 bits per heavy atom. The summed E-state index contributed by atoms with van der Waals surface area (Å²) in [6, 6.07) is 2.03. The summed E-state index contributed by atoms with van der Waals surface area (Å²) in [5.74, 6) is 1.01. The van der Waals surface area contributed by atoms with Crippen LogP contribution in [0.2, 0.25) is 0 Å². The van der Waals surface area contributed by atoms with E-state index in [1.807, 2.05) is 6.07 Å². The predicted molar refractivity (Wildman–Crippen MR) is 78.5 cm³/mol. The molecule has 5 nitrogen and oxygen atoms in total. The van der Waals surface area contributed by atoms with E-state index < -0.39 is 0 Å². The van der Waals surface area contributed by atoms with E-state index >= 15 is 0 Å². The minimum absolute atomic E-state index is 0.141. The average molecular weight is 293 g/mol. The normalized spacial score (nSPS) is 22.2. The van der Waals surface area contributed by atoms with Gasteiger partial charge in [-0.3, -0.25) is 0 Å². The topological polar surface area (TPSA) is 80.7 Å². The summed E-state index contributed by atoms with van der Waals surface area (Å²) < 4.78 is 5.63. The minimum Gasteiger partial charge on any atom is -0.409 e. The fourth-order valence-corrected chi connectivity index (χ4v) is 3.85. The lowest BCUT2D eigenvalue weighted by Gasteiger charge is -2.12. The van der Waals surface area contributed by atoms with Crippen LogP contribution in [0.1, 0.15) is 36.1 Å². The molecule has 6 heteroatoms. The van der Waals surface area contributed by atoms with Gasteiger partial charge < -0.3 is 15.7 Å². The SMILES string of the molecule is N/C(=N/O)c1cc2c(nc1SCC1CCCO1)CCC2. The van der Waals surface area contributed by atoms with Crippen molar-refractivity contribution in [2.45, 2.75) is 43.2 Å². The summed E-state index contributed by atoms with van der Waals surface area (Å²) in [5.41, 5.74) is 8.93. The number of nitrogens with zero attached hydrogens (tertiary/aromatic N) is 2. The van der Waals surface area contributed by atoms with E-state index in [4.69, 9.17) is 20.7 Å². The number of nitrogens with two attached hydrogens (primary N) is 1. The number of oxime groups is 1. The van der Waals surface area contributed by atoms with Gasteiger partial charge >= 0.3 is 0 Å². The van der Waals surface area contributed by atoms with Crippen molar-refractivity contribution in [3.05, 3.63) is 22.9 Å². The second kappa shape index (κ2) is 6.01. The van der Waals surface area contributed by atoms with E-state index in [2.05, 4.69) is 5.16 Å². The van der Waals surface area contributed by atoms with Crippen molar-refractivity contribution >= 4 is 17.6 Å². The maximum atomic E-state index is 8.94. The standard InChI is InChI=1S/C14H19N3O2S/c15-13(17-18)11-7-9-3-1-5-12(9)16-14(11)20-8-10-4-2-6-19-10/h7,10,18H,1-6,8H2,(H2,15,17). The Kier molecular flexibility index (Phi) is 4.12. The molecule has 1 aliphatic carbocycles. The molecular weight excluding hydrogens is 274 g/mol. The van der Waals surface area contributed by atoms with E-state index in [0.717, 1.165) is 60.7 Å². The van der Waals surface area contributed by atoms with Gasteiger partial charge in [0.05, 0.1) is 11.7 Å². The van der Waals surface area contributed by atoms with Gasteiger partial charge in [-0.25, -0.2) is 4.98 Å². The number of pyridine rings is 1. The third kappa shape index (κ3) is 2.76. The van der Waals surface area contributed by atoms with Gasteiger partial charge in [0.25, 0.3) is 0 Å². The lowest BCUT2D eigenvalue weighted by Crippen LogP contribution is -2.17. The lowest BCUT2D eigenvalue weighted by molar-refractivity contribution is 0.129. The van der Waals surface area contributed by atoms with Crippen LogP contribution in [-0.2, 0) is 17.6 Å². The molecule has 1 saturated heterocycles. The Balaban J connectivity index is 1.83. The van der Waals surface area contributed by atoms with Crippen molar-refractivity contribution in [3.63, 3.8) is 0 Å². The van der Waals surface area contributed by atoms with E-state index in [0.29, 0.717) is 6.10 Å². The molecule has 20 heavy (non-hydrogen) atoms. The maximum Gasteiger partial charge on any atom is 0.172 e. The van der Waals surface area contributed by atoms with E-state index in [1.54, 1.807) is 11.8 Å². The molecule has 1 aromatic heterocycles. The quantitative estimate of drug-likeness (QED) is 0.291. The monoisotopic (exact) mass is 293 g/mol. The third-order valence-electron chi connectivity index (χ3n) is 3.83. The van der Waals surface area contributed by atoms with Crippen LogP contribution in [0.15, 0.2) is 16.2 Å². The number of hydrogen-bond acceptors (Lipinski definition) is 5. The van der Waals surface area contributed by atoms with Gasteiger partial charge in [0, 0.05) is 18.1 Å². The molecule has 1 unspecified atom stereocenters. The maximum absolute atomic E-state index is 8.94. The molecule has 1 aromatic rings. The molecular formula is C14H19N3O2S. The number of fused-ring (bicyclic) bond motifs is 1. The first-order chi connectivity index (χ1) is 9.78. The summed E-state index contributed by atoms with van der Waals surface area (Å²) in [6.07, 6.45) is 5.74. The van der Waals surface area contributed by atoms with Gasteiger partial charge in [-0.05, 0) is 43.7 Å². The summed E-state index contributed by atoms with van der Waals surface area (Å²) in [6.45, 7) is 0.857. The number of aromatic nitrogens is 1. The van der Waals surface area contributed by atoms with Gasteiger partial charge in [0.2, 0.25) is 0 Å². The van der Waals surface area contributed by atoms with Crippen molar-refractivity contribution in [3.8, 4) is 0 Å². The van der Waals surface area contributed by atoms with Crippen molar-refractivity contribution in [1.29, 1.82) is 0 Å². The van der Waals surface area contributed by atoms with Crippen LogP contribution in [0.5, 0.6) is 0 Å². The molecule has 0 radical (unpaired) electrons. The predicted octanol–water partition coefficient (Wildman–Crippen LogP) is 1.94. The first kappa shape index (κ1) is 13.7. The molecule has 3 rings (SSSR count). The molecule has 108 valence electrons. The Morgan fingerprint density at radius 1 is 1.50 bits per heavy atom. The molecule has 1 atom stereocenters. The highest BCUT2D eigenvalue weighted by molar-refractivity contribution is 7.99. The Morgan fingerprint density at radius 3 is 3.15 bits per heavy atom. The second-order valence-corrected chi connectivity index (χ2v) is 6.24. The number of aryl methyl sites for hydroxylation is 2. The number of ether oxygens (including phenoxy) is 1. The average Bonchev–Trinajstić information content (AvgIpc) is 3.13. The lowest BCUT2D eigenvalue weighted by atomic mass is 10.1. The van der Waals surface area contributed by atoms with Crippen molar-refractivity contribution in [2.24, 2.45) is 10.9 Å².